The van der Waals surface area contributed by atoms with Crippen molar-refractivity contribution in [1.29, 1.82) is 0 Å². The number of dihydropyridines is 1. The van der Waals surface area contributed by atoms with Crippen molar-refractivity contribution in [3.8, 4) is 0 Å². The number of hydrazine groups is 1. The van der Waals surface area contributed by atoms with Crippen LogP contribution in [0.2, 0.25) is 0 Å². The van der Waals surface area contributed by atoms with E-state index in [4.69, 9.17) is 0 Å². The van der Waals surface area contributed by atoms with Gasteiger partial charge in [0.15, 0.2) is 0 Å². The fourth-order valence-electron chi connectivity index (χ4n) is 1.07. The van der Waals surface area contributed by atoms with Gasteiger partial charge in [-0.2, -0.15) is 4.99 Å². The molecular formula is C6H7N3O. The van der Waals surface area contributed by atoms with E-state index in [1.54, 1.807) is 0 Å². The summed E-state index contributed by atoms with van der Waals surface area (Å²) in [5.41, 5.74) is 5.72. The Hall–Kier alpha value is -1.16. The molecule has 2 aliphatic heterocycles. The second-order valence-corrected chi connectivity index (χ2v) is 2.31. The van der Waals surface area contributed by atoms with Crippen LogP contribution in [0.15, 0.2) is 17.1 Å². The van der Waals surface area contributed by atoms with E-state index in [1.807, 2.05) is 6.08 Å². The maximum atomic E-state index is 10.7. The molecule has 2 rings (SSSR count). The summed E-state index contributed by atoms with van der Waals surface area (Å²) in [4.78, 5) is 14.4. The predicted octanol–water partition coefficient (Wildman–Crippen LogP) is -0.795. The van der Waals surface area contributed by atoms with Crippen molar-refractivity contribution in [2.45, 2.75) is 0 Å². The molecule has 1 unspecified atom stereocenters. The van der Waals surface area contributed by atoms with Crippen molar-refractivity contribution in [3.05, 3.63) is 12.2 Å². The number of amidine groups is 1. The number of amides is 1. The minimum atomic E-state index is -0.178. The molecule has 2 aliphatic rings. The fourth-order valence-corrected chi connectivity index (χ4v) is 1.07. The summed E-state index contributed by atoms with van der Waals surface area (Å²) in [7, 11) is 0. The standard InChI is InChI=1S/C6H7N3O/c10-5-2-1-4-3-7-9-6(4)8-5/h1-2,4,7H,3H2,(H,8,9,10). The molecule has 1 saturated heterocycles. The average molecular weight is 137 g/mol. The third-order valence-corrected chi connectivity index (χ3v) is 1.59. The highest BCUT2D eigenvalue weighted by Gasteiger charge is 2.22. The van der Waals surface area contributed by atoms with Crippen LogP contribution in [0.1, 0.15) is 0 Å². The third kappa shape index (κ3) is 0.733. The summed E-state index contributed by atoms with van der Waals surface area (Å²) in [5, 5.41) is 0. The molecule has 0 saturated carbocycles. The minimum Gasteiger partial charge on any atom is -0.309 e. The van der Waals surface area contributed by atoms with Crippen LogP contribution >= 0.6 is 0 Å². The van der Waals surface area contributed by atoms with Gasteiger partial charge in [-0.05, 0) is 0 Å². The summed E-state index contributed by atoms with van der Waals surface area (Å²) < 4.78 is 0. The molecular weight excluding hydrogens is 130 g/mol. The van der Waals surface area contributed by atoms with Crippen molar-refractivity contribution in [2.75, 3.05) is 6.54 Å². The van der Waals surface area contributed by atoms with Crippen LogP contribution in [0.3, 0.4) is 0 Å². The molecule has 10 heavy (non-hydrogen) atoms. The average Bonchev–Trinajstić information content (AvgIpc) is 2.33. The monoisotopic (exact) mass is 137 g/mol. The van der Waals surface area contributed by atoms with Crippen molar-refractivity contribution < 1.29 is 4.79 Å². The van der Waals surface area contributed by atoms with Gasteiger partial charge < -0.3 is 5.43 Å². The van der Waals surface area contributed by atoms with Crippen LogP contribution in [0.4, 0.5) is 0 Å². The highest BCUT2D eigenvalue weighted by molar-refractivity contribution is 6.04. The van der Waals surface area contributed by atoms with Crippen LogP contribution in [0, 0.1) is 5.92 Å². The fraction of sp³-hybridized carbons (Fsp3) is 0.333. The number of nitrogens with one attached hydrogen (secondary N) is 2. The first-order valence-electron chi connectivity index (χ1n) is 3.16. The van der Waals surface area contributed by atoms with Gasteiger partial charge in [-0.25, -0.2) is 5.43 Å². The largest absolute Gasteiger partial charge is 0.309 e. The van der Waals surface area contributed by atoms with E-state index in [1.165, 1.54) is 6.08 Å². The molecule has 4 heteroatoms. The van der Waals surface area contributed by atoms with Gasteiger partial charge in [-0.15, -0.1) is 0 Å². The number of carbonyl (C=O) groups excluding carboxylic acids is 1. The molecule has 1 amide bonds. The van der Waals surface area contributed by atoms with Gasteiger partial charge in [-0.3, -0.25) is 4.79 Å². The maximum Gasteiger partial charge on any atom is 0.271 e. The maximum absolute atomic E-state index is 10.7. The SMILES string of the molecule is O=C1C=CC2CNNC2=N1. The number of hydrogen-bond donors (Lipinski definition) is 2. The van der Waals surface area contributed by atoms with Crippen LogP contribution in [-0.2, 0) is 4.79 Å². The Bertz CT molecular complexity index is 231. The van der Waals surface area contributed by atoms with Crippen molar-refractivity contribution in [2.24, 2.45) is 10.9 Å². The van der Waals surface area contributed by atoms with Gasteiger partial charge in [0.25, 0.3) is 5.91 Å². The molecule has 4 nitrogen and oxygen atoms in total. The zero-order chi connectivity index (χ0) is 6.97. The molecule has 1 atom stereocenters. The Kier molecular flexibility index (Phi) is 1.07. The van der Waals surface area contributed by atoms with Gasteiger partial charge in [-0.1, -0.05) is 6.08 Å². The Morgan fingerprint density at radius 1 is 1.70 bits per heavy atom. The molecule has 2 N–H and O–H groups in total. The lowest BCUT2D eigenvalue weighted by Crippen LogP contribution is -2.28. The van der Waals surface area contributed by atoms with Crippen molar-refractivity contribution in [1.82, 2.24) is 10.9 Å². The predicted molar refractivity (Wildman–Crippen MR) is 36.2 cm³/mol. The van der Waals surface area contributed by atoms with E-state index in [2.05, 4.69) is 15.8 Å². The van der Waals surface area contributed by atoms with E-state index in [-0.39, 0.29) is 11.8 Å². The normalized spacial score (nSPS) is 29.4. The van der Waals surface area contributed by atoms with Crippen molar-refractivity contribution in [3.63, 3.8) is 0 Å². The van der Waals surface area contributed by atoms with Crippen LogP contribution in [-0.4, -0.2) is 18.3 Å². The first kappa shape index (κ1) is 5.61. The number of nitrogens with zero attached hydrogens (tertiary/aromatic N) is 1. The summed E-state index contributed by atoms with van der Waals surface area (Å²) in [6.07, 6.45) is 3.36. The van der Waals surface area contributed by atoms with Crippen molar-refractivity contribution >= 4 is 11.7 Å². The second-order valence-electron chi connectivity index (χ2n) is 2.31. The third-order valence-electron chi connectivity index (χ3n) is 1.59. The lowest BCUT2D eigenvalue weighted by molar-refractivity contribution is -0.113. The first-order valence-corrected chi connectivity index (χ1v) is 3.16. The quantitative estimate of drug-likeness (QED) is 0.460. The van der Waals surface area contributed by atoms with E-state index in [0.717, 1.165) is 12.4 Å². The zero-order valence-electron chi connectivity index (χ0n) is 5.29. The number of rotatable bonds is 0. The molecule has 0 bridgehead atoms. The number of aliphatic imine (C=N–C) groups is 1. The molecule has 0 radical (unpaired) electrons. The van der Waals surface area contributed by atoms with Crippen LogP contribution in [0.25, 0.3) is 0 Å². The van der Waals surface area contributed by atoms with Gasteiger partial charge in [0.2, 0.25) is 0 Å². The van der Waals surface area contributed by atoms with Crippen LogP contribution in [0.5, 0.6) is 0 Å². The zero-order valence-corrected chi connectivity index (χ0v) is 5.29. The Labute approximate surface area is 58.0 Å². The first-order chi connectivity index (χ1) is 4.86. The molecule has 0 aromatic heterocycles. The van der Waals surface area contributed by atoms with E-state index in [0.29, 0.717) is 0 Å². The van der Waals surface area contributed by atoms with E-state index in [9.17, 15) is 4.79 Å². The summed E-state index contributed by atoms with van der Waals surface area (Å²) in [6, 6.07) is 0. The molecule has 0 aromatic rings. The highest BCUT2D eigenvalue weighted by Crippen LogP contribution is 2.08. The lowest BCUT2D eigenvalue weighted by Gasteiger charge is -2.05. The Morgan fingerprint density at radius 2 is 2.60 bits per heavy atom. The number of hydrogen-bond acceptors (Lipinski definition) is 3. The Morgan fingerprint density at radius 3 is 3.50 bits per heavy atom. The second kappa shape index (κ2) is 1.91. The number of fused-ring (bicyclic) bond motifs is 1. The lowest BCUT2D eigenvalue weighted by atomic mass is 10.1. The molecule has 0 aliphatic carbocycles. The van der Waals surface area contributed by atoms with Gasteiger partial charge in [0.05, 0.1) is 5.92 Å². The number of carbonyl (C=O) groups is 1. The topological polar surface area (TPSA) is 53.5 Å². The molecule has 2 heterocycles. The van der Waals surface area contributed by atoms with Crippen LogP contribution < -0.4 is 10.9 Å². The summed E-state index contributed by atoms with van der Waals surface area (Å²) in [6.45, 7) is 0.822. The summed E-state index contributed by atoms with van der Waals surface area (Å²) >= 11 is 0. The molecule has 52 valence electrons. The van der Waals surface area contributed by atoms with Gasteiger partial charge in [0, 0.05) is 12.6 Å². The molecule has 0 aromatic carbocycles. The summed E-state index contributed by atoms with van der Waals surface area (Å²) in [5.74, 6) is 0.840. The smallest absolute Gasteiger partial charge is 0.271 e. The highest BCUT2D eigenvalue weighted by atomic mass is 16.1. The van der Waals surface area contributed by atoms with Gasteiger partial charge in [0.1, 0.15) is 5.84 Å². The van der Waals surface area contributed by atoms with E-state index < -0.39 is 0 Å². The molecule has 1 fully saturated rings. The van der Waals surface area contributed by atoms with E-state index >= 15 is 0 Å². The molecule has 0 spiro atoms. The van der Waals surface area contributed by atoms with Gasteiger partial charge >= 0.3 is 0 Å². The Balaban J connectivity index is 2.30. The minimum absolute atomic E-state index is 0.178.